The number of benzene rings is 2. The third kappa shape index (κ3) is 4.77. The molecule has 1 aliphatic rings. The Morgan fingerprint density at radius 1 is 1.17 bits per heavy atom. The van der Waals surface area contributed by atoms with Gasteiger partial charge < -0.3 is 4.74 Å². The molecule has 0 aliphatic carbocycles. The molecular formula is C20H16Cl2N2O5S. The average Bonchev–Trinajstić information content (AvgIpc) is 2.93. The first-order chi connectivity index (χ1) is 14.2. The second kappa shape index (κ2) is 9.07. The third-order valence-corrected chi connectivity index (χ3v) is 5.88. The summed E-state index contributed by atoms with van der Waals surface area (Å²) < 4.78 is 5.72. The lowest BCUT2D eigenvalue weighted by molar-refractivity contribution is -0.384. The van der Waals surface area contributed by atoms with Crippen molar-refractivity contribution in [3.05, 3.63) is 72.1 Å². The Hall–Kier alpha value is -2.55. The van der Waals surface area contributed by atoms with Crippen LogP contribution in [-0.4, -0.2) is 34.1 Å². The molecule has 0 aromatic heterocycles. The van der Waals surface area contributed by atoms with E-state index in [0.717, 1.165) is 27.8 Å². The van der Waals surface area contributed by atoms with Crippen molar-refractivity contribution in [1.29, 1.82) is 0 Å². The monoisotopic (exact) mass is 466 g/mol. The lowest BCUT2D eigenvalue weighted by Crippen LogP contribution is -2.32. The predicted octanol–water partition coefficient (Wildman–Crippen LogP) is 5.63. The normalized spacial score (nSPS) is 15.2. The fourth-order valence-electron chi connectivity index (χ4n) is 2.75. The summed E-state index contributed by atoms with van der Waals surface area (Å²) in [4.78, 5) is 36.5. The van der Waals surface area contributed by atoms with Crippen LogP contribution in [0.3, 0.4) is 0 Å². The number of halogens is 2. The van der Waals surface area contributed by atoms with Crippen LogP contribution in [0.4, 0.5) is 10.5 Å². The van der Waals surface area contributed by atoms with Gasteiger partial charge in [0.25, 0.3) is 16.8 Å². The van der Waals surface area contributed by atoms with Crippen LogP contribution in [0, 0.1) is 24.0 Å². The van der Waals surface area contributed by atoms with Crippen LogP contribution in [0.2, 0.25) is 10.0 Å². The number of amides is 2. The van der Waals surface area contributed by atoms with Crippen LogP contribution < -0.4 is 4.74 Å². The van der Waals surface area contributed by atoms with E-state index in [1.54, 1.807) is 0 Å². The topological polar surface area (TPSA) is 89.8 Å². The summed E-state index contributed by atoms with van der Waals surface area (Å²) in [5.41, 5.74) is 1.88. The Kier molecular flexibility index (Phi) is 6.70. The molecule has 7 nitrogen and oxygen atoms in total. The Balaban J connectivity index is 1.74. The first kappa shape index (κ1) is 22.1. The van der Waals surface area contributed by atoms with Gasteiger partial charge in [0.05, 0.1) is 16.4 Å². The van der Waals surface area contributed by atoms with E-state index >= 15 is 0 Å². The van der Waals surface area contributed by atoms with Gasteiger partial charge in [-0.1, -0.05) is 35.3 Å². The van der Waals surface area contributed by atoms with Gasteiger partial charge in [-0.05, 0) is 54.9 Å². The van der Waals surface area contributed by atoms with Crippen LogP contribution in [0.15, 0.2) is 35.2 Å². The Morgan fingerprint density at radius 2 is 1.90 bits per heavy atom. The maximum atomic E-state index is 12.6. The van der Waals surface area contributed by atoms with E-state index in [1.165, 1.54) is 18.2 Å². The number of ether oxygens (including phenoxy) is 1. The highest BCUT2D eigenvalue weighted by atomic mass is 35.5. The molecule has 0 N–H and O–H groups in total. The van der Waals surface area contributed by atoms with Gasteiger partial charge in [0.1, 0.15) is 17.4 Å². The summed E-state index contributed by atoms with van der Waals surface area (Å²) in [5.74, 6) is 0.181. The van der Waals surface area contributed by atoms with Gasteiger partial charge in [0.2, 0.25) is 0 Å². The largest absolute Gasteiger partial charge is 0.491 e. The summed E-state index contributed by atoms with van der Waals surface area (Å²) >= 11 is 12.7. The van der Waals surface area contributed by atoms with Crippen molar-refractivity contribution >= 4 is 57.9 Å². The summed E-state index contributed by atoms with van der Waals surface area (Å²) in [7, 11) is 0. The van der Waals surface area contributed by atoms with Gasteiger partial charge in [0.15, 0.2) is 0 Å². The summed E-state index contributed by atoms with van der Waals surface area (Å²) in [5, 5.41) is 10.7. The van der Waals surface area contributed by atoms with Gasteiger partial charge in [-0.25, -0.2) is 0 Å². The zero-order valence-electron chi connectivity index (χ0n) is 16.0. The Labute approximate surface area is 186 Å². The fraction of sp³-hybridized carbons (Fsp3) is 0.200. The zero-order valence-corrected chi connectivity index (χ0v) is 18.3. The number of imide groups is 1. The van der Waals surface area contributed by atoms with Crippen molar-refractivity contribution in [2.45, 2.75) is 13.8 Å². The van der Waals surface area contributed by atoms with Crippen molar-refractivity contribution in [2.24, 2.45) is 0 Å². The molecule has 10 heteroatoms. The number of nitro groups is 1. The Bertz CT molecular complexity index is 1090. The van der Waals surface area contributed by atoms with Gasteiger partial charge in [-0.15, -0.1) is 0 Å². The highest BCUT2D eigenvalue weighted by Crippen LogP contribution is 2.36. The molecule has 1 fully saturated rings. The second-order valence-corrected chi connectivity index (χ2v) is 8.34. The first-order valence-corrected chi connectivity index (χ1v) is 10.3. The number of carbonyl (C=O) groups excluding carboxylic acids is 2. The smallest absolute Gasteiger partial charge is 0.293 e. The highest BCUT2D eigenvalue weighted by Gasteiger charge is 2.35. The van der Waals surface area contributed by atoms with E-state index in [4.69, 9.17) is 27.9 Å². The van der Waals surface area contributed by atoms with E-state index in [-0.39, 0.29) is 39.4 Å². The van der Waals surface area contributed by atoms with Crippen molar-refractivity contribution in [1.82, 2.24) is 4.90 Å². The molecule has 1 saturated heterocycles. The number of carbonyl (C=O) groups is 2. The predicted molar refractivity (Wildman–Crippen MR) is 117 cm³/mol. The van der Waals surface area contributed by atoms with Gasteiger partial charge in [0, 0.05) is 16.7 Å². The Morgan fingerprint density at radius 3 is 2.60 bits per heavy atom. The standard InChI is InChI=1S/C20H16Cl2N2O5S/c1-11-3-4-12(2)17(7-11)29-6-5-23-19(25)18(30-20(23)26)9-13-8-16(24(27)28)15(22)10-14(13)21/h3-4,7-10H,5-6H2,1-2H3/b18-9-. The number of rotatable bonds is 6. The van der Waals surface area contributed by atoms with Crippen molar-refractivity contribution in [2.75, 3.05) is 13.2 Å². The average molecular weight is 467 g/mol. The fourth-order valence-corrected chi connectivity index (χ4v) is 4.11. The number of hydrogen-bond acceptors (Lipinski definition) is 6. The third-order valence-electron chi connectivity index (χ3n) is 4.34. The van der Waals surface area contributed by atoms with E-state index in [2.05, 4.69) is 0 Å². The highest BCUT2D eigenvalue weighted by molar-refractivity contribution is 8.18. The second-order valence-electron chi connectivity index (χ2n) is 6.53. The van der Waals surface area contributed by atoms with Crippen molar-refractivity contribution in [3.8, 4) is 5.75 Å². The zero-order chi connectivity index (χ0) is 22.0. The molecule has 0 radical (unpaired) electrons. The number of aryl methyl sites for hydroxylation is 2. The maximum absolute atomic E-state index is 12.6. The van der Waals surface area contributed by atoms with Gasteiger partial charge in [-0.3, -0.25) is 24.6 Å². The van der Waals surface area contributed by atoms with E-state index in [9.17, 15) is 19.7 Å². The summed E-state index contributed by atoms with van der Waals surface area (Å²) in [6.07, 6.45) is 1.35. The SMILES string of the molecule is Cc1ccc(C)c(OCCN2C(=O)S/C(=C\c3cc([N+](=O)[O-])c(Cl)cc3Cl)C2=O)c1. The van der Waals surface area contributed by atoms with Crippen molar-refractivity contribution < 1.29 is 19.2 Å². The molecule has 2 amide bonds. The van der Waals surface area contributed by atoms with Crippen LogP contribution >= 0.6 is 35.0 Å². The van der Waals surface area contributed by atoms with E-state index in [0.29, 0.717) is 5.75 Å². The van der Waals surface area contributed by atoms with Gasteiger partial charge >= 0.3 is 0 Å². The van der Waals surface area contributed by atoms with E-state index < -0.39 is 16.1 Å². The molecule has 0 atom stereocenters. The molecule has 1 heterocycles. The minimum absolute atomic E-state index is 0.0733. The van der Waals surface area contributed by atoms with Crippen LogP contribution in [0.1, 0.15) is 16.7 Å². The molecule has 2 aromatic rings. The minimum atomic E-state index is -0.646. The molecule has 30 heavy (non-hydrogen) atoms. The summed E-state index contributed by atoms with van der Waals surface area (Å²) in [6, 6.07) is 8.19. The number of nitro benzene ring substituents is 1. The molecule has 0 bridgehead atoms. The van der Waals surface area contributed by atoms with Gasteiger partial charge in [-0.2, -0.15) is 0 Å². The number of thioether (sulfide) groups is 1. The minimum Gasteiger partial charge on any atom is -0.491 e. The molecule has 3 rings (SSSR count). The number of nitrogens with zero attached hydrogens (tertiary/aromatic N) is 2. The van der Waals surface area contributed by atoms with Crippen molar-refractivity contribution in [3.63, 3.8) is 0 Å². The lowest BCUT2D eigenvalue weighted by atomic mass is 10.1. The molecule has 0 saturated carbocycles. The lowest BCUT2D eigenvalue weighted by Gasteiger charge is -2.14. The molecule has 1 aliphatic heterocycles. The maximum Gasteiger partial charge on any atom is 0.293 e. The molecular weight excluding hydrogens is 451 g/mol. The van der Waals surface area contributed by atoms with Crippen LogP contribution in [-0.2, 0) is 4.79 Å². The quantitative estimate of drug-likeness (QED) is 0.311. The molecule has 2 aromatic carbocycles. The first-order valence-electron chi connectivity index (χ1n) is 8.76. The van der Waals surface area contributed by atoms with Crippen LogP contribution in [0.25, 0.3) is 6.08 Å². The molecule has 0 spiro atoms. The number of hydrogen-bond donors (Lipinski definition) is 0. The molecule has 0 unspecified atom stereocenters. The summed E-state index contributed by atoms with van der Waals surface area (Å²) in [6.45, 7) is 4.07. The van der Waals surface area contributed by atoms with Crippen LogP contribution in [0.5, 0.6) is 5.75 Å². The van der Waals surface area contributed by atoms with E-state index in [1.807, 2.05) is 32.0 Å². The molecule has 156 valence electrons.